The van der Waals surface area contributed by atoms with Crippen LogP contribution in [0, 0.1) is 0 Å². The summed E-state index contributed by atoms with van der Waals surface area (Å²) in [6.45, 7) is 0. The van der Waals surface area contributed by atoms with Crippen molar-refractivity contribution in [3.8, 4) is 39.6 Å². The van der Waals surface area contributed by atoms with E-state index in [1.165, 1.54) is 69.9 Å². The Bertz CT molecular complexity index is 3100. The van der Waals surface area contributed by atoms with E-state index < -0.39 is 0 Å². The summed E-state index contributed by atoms with van der Waals surface area (Å²) in [4.78, 5) is 15.1. The molecule has 1 atom stereocenters. The van der Waals surface area contributed by atoms with E-state index in [-0.39, 0.29) is 5.92 Å². The minimum Gasteiger partial charge on any atom is -0.308 e. The first-order valence-electron chi connectivity index (χ1n) is 19.0. The van der Waals surface area contributed by atoms with Gasteiger partial charge in [-0.15, -0.1) is 11.3 Å². The van der Waals surface area contributed by atoms with Gasteiger partial charge in [0.25, 0.3) is 0 Å². The number of para-hydroxylation sites is 1. The first-order chi connectivity index (χ1) is 27.8. The van der Waals surface area contributed by atoms with E-state index in [2.05, 4.69) is 156 Å². The summed E-state index contributed by atoms with van der Waals surface area (Å²) >= 11 is 1.89. The van der Waals surface area contributed by atoms with E-state index in [9.17, 15) is 0 Å². The topological polar surface area (TPSA) is 43.6 Å². The molecule has 0 spiro atoms. The number of nitrogens with zero attached hydrogens (tertiary/aromatic N) is 4. The quantitative estimate of drug-likeness (QED) is 0.171. The van der Waals surface area contributed by atoms with Crippen molar-refractivity contribution < 1.29 is 0 Å². The number of benzene rings is 7. The second-order valence-corrected chi connectivity index (χ2v) is 15.4. The molecule has 3 heterocycles. The van der Waals surface area contributed by atoms with Crippen molar-refractivity contribution in [2.45, 2.75) is 12.3 Å². The molecule has 0 aliphatic heterocycles. The Morgan fingerprint density at radius 3 is 1.82 bits per heavy atom. The van der Waals surface area contributed by atoms with Crippen molar-refractivity contribution in [1.82, 2.24) is 19.5 Å². The van der Waals surface area contributed by atoms with Gasteiger partial charge in [0.05, 0.1) is 21.4 Å². The monoisotopic (exact) mass is 734 g/mol. The average molecular weight is 735 g/mol. The molecule has 0 amide bonds. The first kappa shape index (κ1) is 32.5. The molecule has 5 heteroatoms. The Balaban J connectivity index is 1.02. The summed E-state index contributed by atoms with van der Waals surface area (Å²) in [5, 5.41) is 5.07. The van der Waals surface area contributed by atoms with Gasteiger partial charge in [-0.25, -0.2) is 15.0 Å². The minimum atomic E-state index is 0.00139. The third-order valence-electron chi connectivity index (χ3n) is 11.0. The summed E-state index contributed by atoms with van der Waals surface area (Å²) < 4.78 is 5.05. The van der Waals surface area contributed by atoms with Crippen LogP contribution in [-0.4, -0.2) is 19.5 Å². The van der Waals surface area contributed by atoms with Gasteiger partial charge < -0.3 is 4.57 Å². The highest BCUT2D eigenvalue weighted by atomic mass is 32.1. The Morgan fingerprint density at radius 1 is 0.482 bits per heavy atom. The second-order valence-electron chi connectivity index (χ2n) is 14.3. The van der Waals surface area contributed by atoms with Crippen molar-refractivity contribution >= 4 is 58.9 Å². The molecule has 4 nitrogen and oxygen atoms in total. The molecular formula is C51H34N4S. The van der Waals surface area contributed by atoms with Gasteiger partial charge in [0.15, 0.2) is 11.6 Å². The van der Waals surface area contributed by atoms with Crippen LogP contribution >= 0.6 is 11.3 Å². The molecule has 0 fully saturated rings. The van der Waals surface area contributed by atoms with Gasteiger partial charge >= 0.3 is 0 Å². The normalized spacial score (nSPS) is 14.2. The minimum absolute atomic E-state index is 0.00139. The maximum absolute atomic E-state index is 5.09. The summed E-state index contributed by atoms with van der Waals surface area (Å²) in [5.41, 5.74) is 10.6. The number of fused-ring (bicyclic) bond motifs is 6. The summed E-state index contributed by atoms with van der Waals surface area (Å²) in [5.74, 6) is 2.17. The lowest BCUT2D eigenvalue weighted by Crippen LogP contribution is -2.09. The zero-order valence-corrected chi connectivity index (χ0v) is 31.2. The molecule has 0 saturated carbocycles. The highest BCUT2D eigenvalue weighted by Gasteiger charge is 2.23. The fourth-order valence-corrected chi connectivity index (χ4v) is 9.68. The highest BCUT2D eigenvalue weighted by Crippen LogP contribution is 2.45. The van der Waals surface area contributed by atoms with E-state index in [4.69, 9.17) is 15.0 Å². The lowest BCUT2D eigenvalue weighted by atomic mass is 9.89. The number of aromatic nitrogens is 4. The summed E-state index contributed by atoms with van der Waals surface area (Å²) in [6.07, 6.45) is 7.47. The largest absolute Gasteiger partial charge is 0.308 e. The molecule has 1 unspecified atom stereocenters. The van der Waals surface area contributed by atoms with Crippen LogP contribution in [0.3, 0.4) is 0 Å². The molecule has 264 valence electrons. The molecule has 0 radical (unpaired) electrons. The second kappa shape index (κ2) is 13.4. The zero-order chi connectivity index (χ0) is 37.0. The third kappa shape index (κ3) is 5.47. The smallest absolute Gasteiger partial charge is 0.163 e. The first-order valence-corrected chi connectivity index (χ1v) is 19.9. The number of rotatable bonds is 6. The molecular weight excluding hydrogens is 701 g/mol. The fourth-order valence-electron chi connectivity index (χ4n) is 8.32. The van der Waals surface area contributed by atoms with E-state index in [1.807, 2.05) is 47.7 Å². The maximum atomic E-state index is 5.09. The molecule has 7 aromatic carbocycles. The lowest BCUT2D eigenvalue weighted by molar-refractivity contribution is 0.773. The summed E-state index contributed by atoms with van der Waals surface area (Å²) in [6, 6.07) is 60.3. The average Bonchev–Trinajstić information content (AvgIpc) is 3.83. The van der Waals surface area contributed by atoms with Crippen LogP contribution in [0.15, 0.2) is 188 Å². The van der Waals surface area contributed by atoms with Crippen LogP contribution < -0.4 is 0 Å². The van der Waals surface area contributed by atoms with Crippen molar-refractivity contribution in [1.29, 1.82) is 0 Å². The van der Waals surface area contributed by atoms with Gasteiger partial charge in [0.2, 0.25) is 0 Å². The predicted octanol–water partition coefficient (Wildman–Crippen LogP) is 13.5. The molecule has 0 saturated heterocycles. The lowest BCUT2D eigenvalue weighted by Gasteiger charge is -2.19. The molecule has 0 N–H and O–H groups in total. The van der Waals surface area contributed by atoms with Gasteiger partial charge in [-0.1, -0.05) is 164 Å². The Kier molecular flexibility index (Phi) is 7.78. The van der Waals surface area contributed by atoms with E-state index in [0.29, 0.717) is 11.6 Å². The standard InChI is InChI=1S/C51H34N4S/c1-4-15-33(16-5-1)36-29-30-45-43(32-36)40-23-10-11-27-44(40)55(45)46-28-14-26-42-41-25-13-24-39(47(41)56-48(42)46)37-21-12-22-38(31-37)51-53-49(34-17-6-2-7-18-34)52-50(54-51)35-19-8-3-9-20-35/h1-30,32,38H,31H2. The number of hydrogen-bond donors (Lipinski definition) is 0. The van der Waals surface area contributed by atoms with Crippen LogP contribution in [0.2, 0.25) is 0 Å². The summed E-state index contributed by atoms with van der Waals surface area (Å²) in [7, 11) is 0. The van der Waals surface area contributed by atoms with Gasteiger partial charge in [-0.05, 0) is 52.9 Å². The molecule has 10 aromatic rings. The van der Waals surface area contributed by atoms with Crippen molar-refractivity contribution in [2.24, 2.45) is 0 Å². The Labute approximate surface area is 328 Å². The van der Waals surface area contributed by atoms with Crippen LogP contribution in [-0.2, 0) is 0 Å². The SMILES string of the molecule is C1=CC(c2nc(-c3ccccc3)nc(-c3ccccc3)n2)CC(c2cccc3c2sc2c(-n4c5ccccc5c5cc(-c6ccccc6)ccc54)cccc23)=C1. The molecule has 11 rings (SSSR count). The number of hydrogen-bond acceptors (Lipinski definition) is 4. The van der Waals surface area contributed by atoms with Crippen LogP contribution in [0.5, 0.6) is 0 Å². The highest BCUT2D eigenvalue weighted by molar-refractivity contribution is 7.26. The third-order valence-corrected chi connectivity index (χ3v) is 12.3. The predicted molar refractivity (Wildman–Crippen MR) is 234 cm³/mol. The molecule has 0 bridgehead atoms. The van der Waals surface area contributed by atoms with Crippen LogP contribution in [0.25, 0.3) is 87.1 Å². The van der Waals surface area contributed by atoms with E-state index in [0.717, 1.165) is 23.4 Å². The zero-order valence-electron chi connectivity index (χ0n) is 30.4. The van der Waals surface area contributed by atoms with E-state index >= 15 is 0 Å². The van der Waals surface area contributed by atoms with Crippen molar-refractivity contribution in [2.75, 3.05) is 0 Å². The van der Waals surface area contributed by atoms with Crippen LogP contribution in [0.1, 0.15) is 23.7 Å². The Hall–Kier alpha value is -6.95. The van der Waals surface area contributed by atoms with Crippen molar-refractivity contribution in [3.63, 3.8) is 0 Å². The van der Waals surface area contributed by atoms with Gasteiger partial charge in [-0.3, -0.25) is 0 Å². The van der Waals surface area contributed by atoms with Gasteiger partial charge in [0, 0.05) is 43.3 Å². The maximum Gasteiger partial charge on any atom is 0.163 e. The van der Waals surface area contributed by atoms with Crippen molar-refractivity contribution in [3.05, 3.63) is 199 Å². The van der Waals surface area contributed by atoms with Gasteiger partial charge in [0.1, 0.15) is 5.82 Å². The molecule has 3 aromatic heterocycles. The molecule has 1 aliphatic rings. The molecule has 1 aliphatic carbocycles. The number of thiophene rings is 1. The fraction of sp³-hybridized carbons (Fsp3) is 0.0392. The Morgan fingerprint density at radius 2 is 1.09 bits per heavy atom. The van der Waals surface area contributed by atoms with Gasteiger partial charge in [-0.2, -0.15) is 0 Å². The van der Waals surface area contributed by atoms with Crippen LogP contribution in [0.4, 0.5) is 0 Å². The molecule has 56 heavy (non-hydrogen) atoms. The number of allylic oxidation sites excluding steroid dienone is 4. The van der Waals surface area contributed by atoms with E-state index in [1.54, 1.807) is 0 Å².